The zero-order valence-electron chi connectivity index (χ0n) is 18.0. The third-order valence-corrected chi connectivity index (χ3v) is 5.89. The van der Waals surface area contributed by atoms with Crippen molar-refractivity contribution in [3.63, 3.8) is 0 Å². The summed E-state index contributed by atoms with van der Waals surface area (Å²) in [4.78, 5) is 39.8. The Morgan fingerprint density at radius 2 is 1.71 bits per heavy atom. The fourth-order valence-corrected chi connectivity index (χ4v) is 3.96. The van der Waals surface area contributed by atoms with E-state index < -0.39 is 17.5 Å². The topological polar surface area (TPSA) is 75.7 Å². The summed E-state index contributed by atoms with van der Waals surface area (Å²) < 4.78 is 5.26. The number of aryl methyl sites for hydroxylation is 2. The number of rotatable bonds is 5. The Labute approximate surface area is 180 Å². The van der Waals surface area contributed by atoms with Crippen LogP contribution in [0.1, 0.15) is 34.0 Å². The van der Waals surface area contributed by atoms with Gasteiger partial charge in [0.15, 0.2) is 5.78 Å². The summed E-state index contributed by atoms with van der Waals surface area (Å²) >= 11 is 0. The minimum atomic E-state index is -1.24. The van der Waals surface area contributed by atoms with Gasteiger partial charge in [-0.05, 0) is 66.9 Å². The van der Waals surface area contributed by atoms with Gasteiger partial charge >= 0.3 is 6.03 Å². The Balaban J connectivity index is 1.63. The lowest BCUT2D eigenvalue weighted by atomic mass is 9.90. The summed E-state index contributed by atoms with van der Waals surface area (Å²) in [5.41, 5.74) is 1.70. The maximum atomic E-state index is 13.3. The van der Waals surface area contributed by atoms with Crippen molar-refractivity contribution < 1.29 is 19.1 Å². The van der Waals surface area contributed by atoms with Crippen molar-refractivity contribution in [1.29, 1.82) is 0 Å². The van der Waals surface area contributed by atoms with Gasteiger partial charge < -0.3 is 10.1 Å². The van der Waals surface area contributed by atoms with E-state index in [1.807, 2.05) is 62.4 Å². The van der Waals surface area contributed by atoms with Crippen LogP contribution in [0.25, 0.3) is 10.8 Å². The number of imide groups is 1. The van der Waals surface area contributed by atoms with Crippen molar-refractivity contribution >= 4 is 28.5 Å². The zero-order valence-corrected chi connectivity index (χ0v) is 18.0. The zero-order chi connectivity index (χ0) is 22.3. The molecule has 3 amide bonds. The van der Waals surface area contributed by atoms with E-state index >= 15 is 0 Å². The number of nitrogens with zero attached hydrogens (tertiary/aromatic N) is 1. The Morgan fingerprint density at radius 3 is 2.45 bits per heavy atom. The average molecular weight is 416 g/mol. The highest BCUT2D eigenvalue weighted by Gasteiger charge is 2.49. The van der Waals surface area contributed by atoms with Crippen molar-refractivity contribution in [3.05, 3.63) is 76.9 Å². The number of amides is 3. The molecule has 1 unspecified atom stereocenters. The molecule has 0 saturated carbocycles. The van der Waals surface area contributed by atoms with E-state index in [9.17, 15) is 14.4 Å². The van der Waals surface area contributed by atoms with Crippen LogP contribution in [-0.2, 0) is 10.3 Å². The first-order chi connectivity index (χ1) is 14.7. The van der Waals surface area contributed by atoms with Gasteiger partial charge in [0.2, 0.25) is 0 Å². The second kappa shape index (κ2) is 7.54. The Morgan fingerprint density at radius 1 is 1.00 bits per heavy atom. The lowest BCUT2D eigenvalue weighted by Crippen LogP contribution is -2.41. The number of fused-ring (bicyclic) bond motifs is 1. The highest BCUT2D eigenvalue weighted by atomic mass is 16.5. The molecule has 158 valence electrons. The first-order valence-corrected chi connectivity index (χ1v) is 10.1. The van der Waals surface area contributed by atoms with Crippen molar-refractivity contribution in [2.75, 3.05) is 13.7 Å². The maximum Gasteiger partial charge on any atom is 0.325 e. The first-order valence-electron chi connectivity index (χ1n) is 10.1. The molecule has 0 aliphatic carbocycles. The number of benzene rings is 3. The van der Waals surface area contributed by atoms with Gasteiger partial charge in [0, 0.05) is 5.56 Å². The number of ketones is 1. The van der Waals surface area contributed by atoms with Crippen LogP contribution in [0.5, 0.6) is 5.75 Å². The Hall–Kier alpha value is -3.67. The molecule has 0 bridgehead atoms. The fraction of sp³-hybridized carbons (Fsp3) is 0.240. The van der Waals surface area contributed by atoms with Crippen molar-refractivity contribution in [3.8, 4) is 5.75 Å². The molecule has 4 rings (SSSR count). The molecule has 1 atom stereocenters. The molecule has 3 aromatic carbocycles. The van der Waals surface area contributed by atoms with Gasteiger partial charge in [0.05, 0.1) is 13.7 Å². The minimum Gasteiger partial charge on any atom is -0.497 e. The quantitative estimate of drug-likeness (QED) is 0.502. The smallest absolute Gasteiger partial charge is 0.325 e. The first kappa shape index (κ1) is 20.6. The molecule has 0 radical (unpaired) electrons. The summed E-state index contributed by atoms with van der Waals surface area (Å²) in [7, 11) is 1.61. The molecule has 1 aliphatic heterocycles. The summed E-state index contributed by atoms with van der Waals surface area (Å²) in [6, 6.07) is 16.2. The van der Waals surface area contributed by atoms with Gasteiger partial charge in [-0.25, -0.2) is 4.79 Å². The van der Waals surface area contributed by atoms with Crippen LogP contribution in [-0.4, -0.2) is 36.3 Å². The standard InChI is InChI=1S/C25H24N2O4/c1-15-5-6-16(2)21(11-15)22(28)14-27-23(29)25(3,26-24(27)30)19-9-7-18-13-20(31-4)10-8-17(18)12-19/h5-13H,14H2,1-4H3,(H,26,30). The molecule has 0 aromatic heterocycles. The highest BCUT2D eigenvalue weighted by molar-refractivity contribution is 6.11. The molecule has 0 spiro atoms. The van der Waals surface area contributed by atoms with Crippen LogP contribution in [0, 0.1) is 13.8 Å². The molecule has 6 heteroatoms. The molecule has 1 N–H and O–H groups in total. The van der Waals surface area contributed by atoms with Gasteiger partial charge in [0.1, 0.15) is 11.3 Å². The molecule has 1 saturated heterocycles. The molecule has 1 heterocycles. The van der Waals surface area contributed by atoms with Crippen molar-refractivity contribution in [1.82, 2.24) is 10.2 Å². The largest absolute Gasteiger partial charge is 0.497 e. The normalized spacial score (nSPS) is 18.4. The van der Waals surface area contributed by atoms with E-state index in [-0.39, 0.29) is 12.3 Å². The predicted octanol–water partition coefficient (Wildman–Crippen LogP) is 4.12. The van der Waals surface area contributed by atoms with Crippen LogP contribution >= 0.6 is 0 Å². The van der Waals surface area contributed by atoms with Crippen LogP contribution < -0.4 is 10.1 Å². The van der Waals surface area contributed by atoms with Gasteiger partial charge in [-0.15, -0.1) is 0 Å². The monoisotopic (exact) mass is 416 g/mol. The van der Waals surface area contributed by atoms with Gasteiger partial charge in [-0.2, -0.15) is 0 Å². The highest BCUT2D eigenvalue weighted by Crippen LogP contribution is 2.32. The molecule has 1 fully saturated rings. The van der Waals surface area contributed by atoms with E-state index in [0.29, 0.717) is 11.1 Å². The van der Waals surface area contributed by atoms with Gasteiger partial charge in [-0.3, -0.25) is 14.5 Å². The van der Waals surface area contributed by atoms with E-state index in [1.54, 1.807) is 20.1 Å². The molecule has 3 aromatic rings. The number of Topliss-reactive ketones (excluding diaryl/α,β-unsaturated/α-hetero) is 1. The van der Waals surface area contributed by atoms with Crippen LogP contribution in [0.4, 0.5) is 4.79 Å². The van der Waals surface area contributed by atoms with E-state index in [1.165, 1.54) is 0 Å². The summed E-state index contributed by atoms with van der Waals surface area (Å²) in [5, 5.41) is 4.66. The lowest BCUT2D eigenvalue weighted by molar-refractivity contribution is -0.130. The van der Waals surface area contributed by atoms with E-state index in [0.717, 1.165) is 32.5 Å². The van der Waals surface area contributed by atoms with E-state index in [4.69, 9.17) is 4.74 Å². The number of ether oxygens (including phenoxy) is 1. The number of urea groups is 1. The van der Waals surface area contributed by atoms with Gasteiger partial charge in [-0.1, -0.05) is 35.9 Å². The Bertz CT molecular complexity index is 1230. The number of methoxy groups -OCH3 is 1. The second-order valence-corrected chi connectivity index (χ2v) is 8.12. The number of carbonyl (C=O) groups excluding carboxylic acids is 3. The molecule has 6 nitrogen and oxygen atoms in total. The number of carbonyl (C=O) groups is 3. The molecule has 1 aliphatic rings. The number of hydrogen-bond donors (Lipinski definition) is 1. The molecule has 31 heavy (non-hydrogen) atoms. The van der Waals surface area contributed by atoms with Crippen LogP contribution in [0.3, 0.4) is 0 Å². The Kier molecular flexibility index (Phi) is 5.01. The minimum absolute atomic E-state index is 0.264. The summed E-state index contributed by atoms with van der Waals surface area (Å²) in [6.07, 6.45) is 0. The molecular formula is C25H24N2O4. The fourth-order valence-electron chi connectivity index (χ4n) is 3.96. The van der Waals surface area contributed by atoms with Crippen molar-refractivity contribution in [2.24, 2.45) is 0 Å². The van der Waals surface area contributed by atoms with Crippen LogP contribution in [0.2, 0.25) is 0 Å². The predicted molar refractivity (Wildman–Crippen MR) is 118 cm³/mol. The maximum absolute atomic E-state index is 13.3. The SMILES string of the molecule is COc1ccc2cc(C3(C)NC(=O)N(CC(=O)c4cc(C)ccc4C)C3=O)ccc2c1. The second-order valence-electron chi connectivity index (χ2n) is 8.12. The third kappa shape index (κ3) is 3.54. The van der Waals surface area contributed by atoms with Gasteiger partial charge in [0.25, 0.3) is 5.91 Å². The van der Waals surface area contributed by atoms with E-state index in [2.05, 4.69) is 5.32 Å². The lowest BCUT2D eigenvalue weighted by Gasteiger charge is -2.23. The summed E-state index contributed by atoms with van der Waals surface area (Å²) in [6.45, 7) is 5.11. The average Bonchev–Trinajstić information content (AvgIpc) is 2.98. The summed E-state index contributed by atoms with van der Waals surface area (Å²) in [5.74, 6) is 0.0383. The third-order valence-electron chi connectivity index (χ3n) is 5.89. The van der Waals surface area contributed by atoms with Crippen molar-refractivity contribution in [2.45, 2.75) is 26.3 Å². The number of hydrogen-bond acceptors (Lipinski definition) is 4. The van der Waals surface area contributed by atoms with Crippen LogP contribution in [0.15, 0.2) is 54.6 Å². The number of nitrogens with one attached hydrogen (secondary N) is 1. The molecular weight excluding hydrogens is 392 g/mol.